The van der Waals surface area contributed by atoms with Gasteiger partial charge in [0.15, 0.2) is 35.2 Å². The van der Waals surface area contributed by atoms with Crippen molar-refractivity contribution in [3.05, 3.63) is 12.2 Å². The van der Waals surface area contributed by atoms with Crippen LogP contribution in [0.3, 0.4) is 0 Å². The Balaban J connectivity index is 4.95. The van der Waals surface area contributed by atoms with Crippen molar-refractivity contribution in [2.24, 2.45) is 0 Å². The lowest BCUT2D eigenvalue weighted by Crippen LogP contribution is -2.64. The summed E-state index contributed by atoms with van der Waals surface area (Å²) >= 11 is 1.98. The number of allylic oxidation sites excluding steroid dienone is 2. The van der Waals surface area contributed by atoms with Crippen LogP contribution in [0.2, 0.25) is 0 Å². The number of halogens is 1. The molecule has 0 rings (SSSR count). The number of rotatable bonds is 44. The third-order valence-electron chi connectivity index (χ3n) is 11.7. The third kappa shape index (κ3) is 28.7. The van der Waals surface area contributed by atoms with Gasteiger partial charge in [0.2, 0.25) is 0 Å². The van der Waals surface area contributed by atoms with Crippen molar-refractivity contribution in [3.63, 3.8) is 0 Å². The number of unbranched alkanes of at least 4 members (excludes halogenated alkanes) is 30. The largest absolute Gasteiger partial charge is 0.382 e. The second kappa shape index (κ2) is 39.8. The zero-order valence-electron chi connectivity index (χ0n) is 37.0. The van der Waals surface area contributed by atoms with Crippen LogP contribution in [0.5, 0.6) is 0 Å². The van der Waals surface area contributed by atoms with Gasteiger partial charge in [-0.3, -0.25) is 14.4 Å². The zero-order chi connectivity index (χ0) is 41.5. The number of hydrogen-bond acceptors (Lipinski definition) is 6. The molecule has 4 unspecified atom stereocenters. The van der Waals surface area contributed by atoms with Crippen LogP contribution >= 0.6 is 22.6 Å². The summed E-state index contributed by atoms with van der Waals surface area (Å²) in [4.78, 5) is 40.4. The monoisotopic (exact) mass is 903 g/mol. The van der Waals surface area contributed by atoms with Gasteiger partial charge in [-0.2, -0.15) is 0 Å². The molecular weight excluding hydrogens is 811 g/mol. The molecule has 0 saturated carbocycles. The summed E-state index contributed by atoms with van der Waals surface area (Å²) in [6.07, 6.45) is 39.2. The van der Waals surface area contributed by atoms with Gasteiger partial charge in [-0.25, -0.2) is 0 Å². The Labute approximate surface area is 360 Å². The molecule has 6 nitrogen and oxygen atoms in total. The lowest BCUT2D eigenvalue weighted by molar-refractivity contribution is -0.181. The molecule has 3 N–H and O–H groups in total. The molecule has 0 aromatic heterocycles. The highest BCUT2D eigenvalue weighted by Gasteiger charge is 2.54. The first-order valence-electron chi connectivity index (χ1n) is 24.2. The van der Waals surface area contributed by atoms with E-state index < -0.39 is 39.1 Å². The van der Waals surface area contributed by atoms with Crippen molar-refractivity contribution >= 4 is 39.9 Å². The van der Waals surface area contributed by atoms with Crippen LogP contribution in [0.25, 0.3) is 0 Å². The van der Waals surface area contributed by atoms with Crippen molar-refractivity contribution in [1.82, 2.24) is 0 Å². The van der Waals surface area contributed by atoms with Gasteiger partial charge in [-0.15, -0.1) is 0 Å². The SMILES string of the molecule is CCCCCCCCC=CCCCCCCC(I)C(=O)C(O)C(O)(C(=O)CCCCCCCCCCCCC)C(O)C(=O)CCCCCCCCCCCCC. The number of aliphatic hydroxyl groups is 3. The minimum atomic E-state index is -2.82. The van der Waals surface area contributed by atoms with Crippen LogP contribution in [0.1, 0.15) is 258 Å². The minimum absolute atomic E-state index is 0.00896. The number of aliphatic hydroxyl groups excluding tert-OH is 2. The second-order valence-corrected chi connectivity index (χ2v) is 18.5. The highest BCUT2D eigenvalue weighted by Crippen LogP contribution is 2.28. The maximum atomic E-state index is 13.6. The number of alkyl halides is 1. The molecule has 0 spiro atoms. The van der Waals surface area contributed by atoms with Gasteiger partial charge in [-0.05, 0) is 44.9 Å². The topological polar surface area (TPSA) is 112 Å². The Hall–Kier alpha value is -0.640. The molecular formula is C49H91IO6. The smallest absolute Gasteiger partial charge is 0.189 e. The van der Waals surface area contributed by atoms with E-state index >= 15 is 0 Å². The molecule has 0 aliphatic heterocycles. The van der Waals surface area contributed by atoms with E-state index in [-0.39, 0.29) is 12.8 Å². The molecule has 0 bridgehead atoms. The molecule has 0 aromatic rings. The van der Waals surface area contributed by atoms with Crippen molar-refractivity contribution < 1.29 is 29.7 Å². The molecule has 0 aromatic carbocycles. The number of carbonyl (C=O) groups excluding carboxylic acids is 3. The summed E-state index contributed by atoms with van der Waals surface area (Å²) in [7, 11) is 0. The summed E-state index contributed by atoms with van der Waals surface area (Å²) in [5, 5.41) is 34.3. The fourth-order valence-electron chi connectivity index (χ4n) is 7.70. The van der Waals surface area contributed by atoms with Crippen LogP contribution in [-0.2, 0) is 14.4 Å². The Morgan fingerprint density at radius 3 is 1.18 bits per heavy atom. The average molecular weight is 903 g/mol. The number of carbonyl (C=O) groups is 3. The van der Waals surface area contributed by atoms with Crippen molar-refractivity contribution in [3.8, 4) is 0 Å². The molecule has 0 amide bonds. The highest BCUT2D eigenvalue weighted by molar-refractivity contribution is 14.1. The fraction of sp³-hybridized carbons (Fsp3) is 0.898. The van der Waals surface area contributed by atoms with E-state index in [4.69, 9.17) is 0 Å². The van der Waals surface area contributed by atoms with Gasteiger partial charge in [0.25, 0.3) is 0 Å². The van der Waals surface area contributed by atoms with Crippen LogP contribution in [0, 0.1) is 0 Å². The van der Waals surface area contributed by atoms with Crippen LogP contribution in [0.4, 0.5) is 0 Å². The summed E-state index contributed by atoms with van der Waals surface area (Å²) < 4.78 is -0.630. The van der Waals surface area contributed by atoms with E-state index in [1.807, 2.05) is 22.6 Å². The van der Waals surface area contributed by atoms with Crippen molar-refractivity contribution in [1.29, 1.82) is 0 Å². The molecule has 7 heteroatoms. The maximum Gasteiger partial charge on any atom is 0.189 e. The third-order valence-corrected chi connectivity index (χ3v) is 12.9. The summed E-state index contributed by atoms with van der Waals surface area (Å²) in [6.45, 7) is 6.70. The van der Waals surface area contributed by atoms with Gasteiger partial charge in [-0.1, -0.05) is 235 Å². The van der Waals surface area contributed by atoms with E-state index in [2.05, 4.69) is 32.9 Å². The molecule has 0 radical (unpaired) electrons. The Morgan fingerprint density at radius 2 is 0.786 bits per heavy atom. The van der Waals surface area contributed by atoms with E-state index in [9.17, 15) is 29.7 Å². The van der Waals surface area contributed by atoms with Gasteiger partial charge in [0.05, 0.1) is 3.92 Å². The Morgan fingerprint density at radius 1 is 0.464 bits per heavy atom. The molecule has 56 heavy (non-hydrogen) atoms. The molecule has 0 fully saturated rings. The van der Waals surface area contributed by atoms with E-state index in [1.165, 1.54) is 122 Å². The molecule has 0 saturated heterocycles. The number of Topliss-reactive ketones (excluding diaryl/α,β-unsaturated/α-hetero) is 3. The summed E-state index contributed by atoms with van der Waals surface area (Å²) in [6, 6.07) is 0. The zero-order valence-corrected chi connectivity index (χ0v) is 39.2. The van der Waals surface area contributed by atoms with Gasteiger partial charge < -0.3 is 15.3 Å². The normalized spacial score (nSPS) is 14.6. The average Bonchev–Trinajstić information content (AvgIpc) is 3.20. The van der Waals surface area contributed by atoms with E-state index in [0.29, 0.717) is 19.3 Å². The summed E-state index contributed by atoms with van der Waals surface area (Å²) in [5.41, 5.74) is -2.82. The first kappa shape index (κ1) is 55.4. The molecule has 330 valence electrons. The van der Waals surface area contributed by atoms with E-state index in [1.54, 1.807) is 0 Å². The number of ketones is 3. The minimum Gasteiger partial charge on any atom is -0.382 e. The fourth-order valence-corrected chi connectivity index (χ4v) is 8.48. The summed E-state index contributed by atoms with van der Waals surface area (Å²) in [5.74, 6) is -2.16. The highest BCUT2D eigenvalue weighted by atomic mass is 127. The predicted molar refractivity (Wildman–Crippen MR) is 247 cm³/mol. The first-order chi connectivity index (χ1) is 27.2. The van der Waals surface area contributed by atoms with E-state index in [0.717, 1.165) is 83.5 Å². The van der Waals surface area contributed by atoms with Crippen LogP contribution in [-0.4, -0.2) is 54.4 Å². The standard InChI is InChI=1S/C49H91IO6/c1-4-7-10-13-16-19-22-23-24-27-28-31-34-37-40-43(50)46(53)48(55)49(56,45(52)42-39-36-33-30-26-21-18-15-12-9-6-3)47(54)44(51)41-38-35-32-29-25-20-17-14-11-8-5-2/h23-24,43,47-48,54-56H,4-22,25-42H2,1-3H3. The first-order valence-corrected chi connectivity index (χ1v) is 25.4. The maximum absolute atomic E-state index is 13.6. The molecule has 0 aliphatic rings. The lowest BCUT2D eigenvalue weighted by Gasteiger charge is -2.35. The van der Waals surface area contributed by atoms with Gasteiger partial charge in [0.1, 0.15) is 0 Å². The van der Waals surface area contributed by atoms with Crippen molar-refractivity contribution in [2.45, 2.75) is 280 Å². The van der Waals surface area contributed by atoms with Gasteiger partial charge in [0, 0.05) is 12.8 Å². The molecule has 0 heterocycles. The van der Waals surface area contributed by atoms with Crippen LogP contribution < -0.4 is 0 Å². The molecule has 0 aliphatic carbocycles. The number of hydrogen-bond donors (Lipinski definition) is 3. The Bertz CT molecular complexity index is 953. The van der Waals surface area contributed by atoms with Crippen molar-refractivity contribution in [2.75, 3.05) is 0 Å². The lowest BCUT2D eigenvalue weighted by atomic mass is 9.78. The quantitative estimate of drug-likeness (QED) is 0.0243. The van der Waals surface area contributed by atoms with Gasteiger partial charge >= 0.3 is 0 Å². The Kier molecular flexibility index (Phi) is 39.3. The second-order valence-electron chi connectivity index (χ2n) is 17.0. The van der Waals surface area contributed by atoms with Crippen LogP contribution in [0.15, 0.2) is 12.2 Å². The molecule has 4 atom stereocenters. The predicted octanol–water partition coefficient (Wildman–Crippen LogP) is 14.0.